The predicted octanol–water partition coefficient (Wildman–Crippen LogP) is 0.639. The number of fused-ring (bicyclic) bond motifs is 1. The molecule has 0 fully saturated rings. The van der Waals surface area contributed by atoms with Crippen molar-refractivity contribution in [1.82, 2.24) is 0 Å². The maximum atomic E-state index is 10.6. The van der Waals surface area contributed by atoms with Crippen LogP contribution in [0.25, 0.3) is 0 Å². The second kappa shape index (κ2) is 4.29. The summed E-state index contributed by atoms with van der Waals surface area (Å²) >= 11 is 0. The fraction of sp³-hybridized carbons (Fsp3) is 0.200. The first kappa shape index (κ1) is 13.1. The normalized spacial score (nSPS) is 27.5. The van der Waals surface area contributed by atoms with Crippen molar-refractivity contribution in [1.29, 1.82) is 0 Å². The van der Waals surface area contributed by atoms with Crippen LogP contribution in [0.3, 0.4) is 0 Å². The SMILES string of the molecule is OC1c2ccccc2OC(O)(c2ccccc2)C1(O)O. The van der Waals surface area contributed by atoms with Crippen LogP contribution < -0.4 is 4.74 Å². The largest absolute Gasteiger partial charge is 0.452 e. The smallest absolute Gasteiger partial charge is 0.292 e. The van der Waals surface area contributed by atoms with E-state index in [-0.39, 0.29) is 16.9 Å². The lowest BCUT2D eigenvalue weighted by Crippen LogP contribution is -2.61. The Kier molecular flexibility index (Phi) is 2.81. The monoisotopic (exact) mass is 274 g/mol. The molecule has 0 aromatic heterocycles. The van der Waals surface area contributed by atoms with E-state index in [0.717, 1.165) is 0 Å². The van der Waals surface area contributed by atoms with Crippen LogP contribution in [0.4, 0.5) is 0 Å². The molecule has 0 bridgehead atoms. The number of hydrogen-bond acceptors (Lipinski definition) is 5. The van der Waals surface area contributed by atoms with Crippen LogP contribution in [0, 0.1) is 0 Å². The number of ether oxygens (including phenoxy) is 1. The van der Waals surface area contributed by atoms with E-state index in [9.17, 15) is 20.4 Å². The van der Waals surface area contributed by atoms with E-state index in [1.807, 2.05) is 0 Å². The molecule has 1 heterocycles. The summed E-state index contributed by atoms with van der Waals surface area (Å²) < 4.78 is 5.39. The van der Waals surface area contributed by atoms with Crippen molar-refractivity contribution in [2.24, 2.45) is 0 Å². The van der Waals surface area contributed by atoms with Crippen molar-refractivity contribution in [3.63, 3.8) is 0 Å². The van der Waals surface area contributed by atoms with Crippen LogP contribution in [-0.2, 0) is 5.79 Å². The van der Waals surface area contributed by atoms with Gasteiger partial charge in [0.15, 0.2) is 0 Å². The summed E-state index contributed by atoms with van der Waals surface area (Å²) in [5, 5.41) is 41.1. The third kappa shape index (κ3) is 1.65. The quantitative estimate of drug-likeness (QED) is 0.573. The molecule has 104 valence electrons. The van der Waals surface area contributed by atoms with Crippen molar-refractivity contribution >= 4 is 0 Å². The van der Waals surface area contributed by atoms with Gasteiger partial charge >= 0.3 is 0 Å². The van der Waals surface area contributed by atoms with Gasteiger partial charge in [0, 0.05) is 11.1 Å². The highest BCUT2D eigenvalue weighted by Gasteiger charge is 2.61. The molecule has 2 unspecified atom stereocenters. The molecule has 2 aromatic carbocycles. The summed E-state index contributed by atoms with van der Waals surface area (Å²) in [5.41, 5.74) is 0.344. The van der Waals surface area contributed by atoms with Crippen molar-refractivity contribution in [2.75, 3.05) is 0 Å². The van der Waals surface area contributed by atoms with Crippen molar-refractivity contribution < 1.29 is 25.2 Å². The number of para-hydroxylation sites is 1. The molecule has 0 amide bonds. The number of hydrogen-bond donors (Lipinski definition) is 4. The predicted molar refractivity (Wildman–Crippen MR) is 69.5 cm³/mol. The van der Waals surface area contributed by atoms with Gasteiger partial charge in [-0.3, -0.25) is 0 Å². The van der Waals surface area contributed by atoms with Crippen LogP contribution in [0.1, 0.15) is 17.2 Å². The average Bonchev–Trinajstić information content (AvgIpc) is 2.46. The van der Waals surface area contributed by atoms with Gasteiger partial charge < -0.3 is 25.2 Å². The summed E-state index contributed by atoms with van der Waals surface area (Å²) in [6.45, 7) is 0. The van der Waals surface area contributed by atoms with E-state index in [1.165, 1.54) is 18.2 Å². The minimum absolute atomic E-state index is 0.138. The van der Waals surface area contributed by atoms with E-state index in [0.29, 0.717) is 0 Å². The van der Waals surface area contributed by atoms with Crippen LogP contribution >= 0.6 is 0 Å². The van der Waals surface area contributed by atoms with Crippen LogP contribution in [0.15, 0.2) is 54.6 Å². The Morgan fingerprint density at radius 3 is 2.15 bits per heavy atom. The molecule has 0 saturated heterocycles. The van der Waals surface area contributed by atoms with Gasteiger partial charge in [-0.2, -0.15) is 0 Å². The molecule has 4 N–H and O–H groups in total. The molecule has 0 spiro atoms. The molecular formula is C15H14O5. The Morgan fingerprint density at radius 1 is 0.850 bits per heavy atom. The number of benzene rings is 2. The first-order chi connectivity index (χ1) is 9.47. The molecule has 3 rings (SSSR count). The molecule has 20 heavy (non-hydrogen) atoms. The second-order valence-corrected chi connectivity index (χ2v) is 4.78. The topological polar surface area (TPSA) is 90.2 Å². The fourth-order valence-electron chi connectivity index (χ4n) is 2.37. The zero-order valence-electron chi connectivity index (χ0n) is 10.5. The van der Waals surface area contributed by atoms with Crippen molar-refractivity contribution in [3.8, 4) is 5.75 Å². The van der Waals surface area contributed by atoms with Gasteiger partial charge in [-0.1, -0.05) is 48.5 Å². The number of rotatable bonds is 1. The zero-order valence-corrected chi connectivity index (χ0v) is 10.5. The van der Waals surface area contributed by atoms with Gasteiger partial charge in [-0.15, -0.1) is 0 Å². The van der Waals surface area contributed by atoms with Gasteiger partial charge in [0.25, 0.3) is 11.6 Å². The van der Waals surface area contributed by atoms with E-state index in [2.05, 4.69) is 0 Å². The van der Waals surface area contributed by atoms with Gasteiger partial charge in [-0.05, 0) is 6.07 Å². The molecule has 5 heteroatoms. The lowest BCUT2D eigenvalue weighted by molar-refractivity contribution is -0.393. The highest BCUT2D eigenvalue weighted by Crippen LogP contribution is 2.48. The van der Waals surface area contributed by atoms with Crippen LogP contribution in [0.2, 0.25) is 0 Å². The molecule has 0 saturated carbocycles. The maximum absolute atomic E-state index is 10.6. The van der Waals surface area contributed by atoms with E-state index in [1.54, 1.807) is 36.4 Å². The molecule has 1 aliphatic rings. The third-order valence-corrected chi connectivity index (χ3v) is 3.52. The highest BCUT2D eigenvalue weighted by molar-refractivity contribution is 5.41. The Labute approximate surface area is 115 Å². The summed E-state index contributed by atoms with van der Waals surface area (Å²) in [4.78, 5) is 0. The Hall–Kier alpha value is -1.92. The Balaban J connectivity index is 2.18. The van der Waals surface area contributed by atoms with Crippen molar-refractivity contribution in [2.45, 2.75) is 17.7 Å². The van der Waals surface area contributed by atoms with E-state index < -0.39 is 17.7 Å². The van der Waals surface area contributed by atoms with Gasteiger partial charge in [0.05, 0.1) is 0 Å². The molecular weight excluding hydrogens is 260 g/mol. The number of aliphatic hydroxyl groups excluding tert-OH is 1. The first-order valence-electron chi connectivity index (χ1n) is 6.15. The number of aliphatic hydroxyl groups is 4. The fourth-order valence-corrected chi connectivity index (χ4v) is 2.37. The first-order valence-corrected chi connectivity index (χ1v) is 6.15. The summed E-state index contributed by atoms with van der Waals surface area (Å²) in [6.07, 6.45) is -1.70. The van der Waals surface area contributed by atoms with E-state index >= 15 is 0 Å². The molecule has 1 aliphatic heterocycles. The van der Waals surface area contributed by atoms with Crippen LogP contribution in [0.5, 0.6) is 5.75 Å². The zero-order chi connectivity index (χ0) is 14.4. The van der Waals surface area contributed by atoms with Crippen molar-refractivity contribution in [3.05, 3.63) is 65.7 Å². The minimum Gasteiger partial charge on any atom is -0.452 e. The highest BCUT2D eigenvalue weighted by atomic mass is 16.7. The lowest BCUT2D eigenvalue weighted by Gasteiger charge is -2.45. The molecule has 2 atom stereocenters. The standard InChI is InChI=1S/C15H14O5/c16-13-11-8-4-5-9-12(11)20-15(19,14(13,17)18)10-6-2-1-3-7-10/h1-9,13,16-19H. The summed E-state index contributed by atoms with van der Waals surface area (Å²) in [7, 11) is 0. The summed E-state index contributed by atoms with van der Waals surface area (Å²) in [6, 6.07) is 14.3. The molecule has 2 aromatic rings. The second-order valence-electron chi connectivity index (χ2n) is 4.78. The molecule has 0 radical (unpaired) electrons. The average molecular weight is 274 g/mol. The summed E-state index contributed by atoms with van der Waals surface area (Å²) in [5.74, 6) is -5.13. The Bertz CT molecular complexity index is 625. The molecule has 5 nitrogen and oxygen atoms in total. The lowest BCUT2D eigenvalue weighted by atomic mass is 9.86. The van der Waals surface area contributed by atoms with Crippen LogP contribution in [-0.4, -0.2) is 26.2 Å². The molecule has 0 aliphatic carbocycles. The van der Waals surface area contributed by atoms with E-state index in [4.69, 9.17) is 4.74 Å². The minimum atomic E-state index is -2.87. The van der Waals surface area contributed by atoms with Gasteiger partial charge in [0.1, 0.15) is 11.9 Å². The third-order valence-electron chi connectivity index (χ3n) is 3.52. The maximum Gasteiger partial charge on any atom is 0.292 e. The van der Waals surface area contributed by atoms with Gasteiger partial charge in [0.2, 0.25) is 0 Å². The van der Waals surface area contributed by atoms with Gasteiger partial charge in [-0.25, -0.2) is 0 Å². The Morgan fingerprint density at radius 2 is 1.45 bits per heavy atom.